The molecule has 0 aliphatic heterocycles. The lowest BCUT2D eigenvalue weighted by atomic mass is 10.2. The summed E-state index contributed by atoms with van der Waals surface area (Å²) in [7, 11) is 0. The highest BCUT2D eigenvalue weighted by molar-refractivity contribution is 6.35. The van der Waals surface area contributed by atoms with E-state index in [9.17, 15) is 0 Å². The number of rotatable bonds is 5. The van der Waals surface area contributed by atoms with Gasteiger partial charge in [-0.25, -0.2) is 9.50 Å². The van der Waals surface area contributed by atoms with Crippen LogP contribution in [0, 0.1) is 11.3 Å². The molecule has 9 heteroatoms. The van der Waals surface area contributed by atoms with Gasteiger partial charge in [0.25, 0.3) is 0 Å². The van der Waals surface area contributed by atoms with E-state index < -0.39 is 0 Å². The second-order valence-electron chi connectivity index (χ2n) is 5.86. The van der Waals surface area contributed by atoms with Gasteiger partial charge < -0.3 is 4.84 Å². The number of halogens is 2. The summed E-state index contributed by atoms with van der Waals surface area (Å²) in [6.45, 7) is 0.238. The molecule has 0 saturated carbocycles. The van der Waals surface area contributed by atoms with Crippen LogP contribution in [0.1, 0.15) is 16.8 Å². The first-order valence-electron chi connectivity index (χ1n) is 8.25. The Morgan fingerprint density at radius 3 is 2.93 bits per heavy atom. The zero-order valence-electron chi connectivity index (χ0n) is 14.4. The maximum absolute atomic E-state index is 9.13. The first-order chi connectivity index (χ1) is 13.7. The summed E-state index contributed by atoms with van der Waals surface area (Å²) in [4.78, 5) is 14.0. The quantitative estimate of drug-likeness (QED) is 0.363. The number of nitriles is 1. The summed E-state index contributed by atoms with van der Waals surface area (Å²) >= 11 is 12.0. The van der Waals surface area contributed by atoms with Crippen LogP contribution in [-0.2, 0) is 17.9 Å². The van der Waals surface area contributed by atoms with Crippen LogP contribution in [-0.4, -0.2) is 25.8 Å². The van der Waals surface area contributed by atoms with E-state index in [1.165, 1.54) is 6.20 Å². The Morgan fingerprint density at radius 1 is 1.21 bits per heavy atom. The van der Waals surface area contributed by atoms with Gasteiger partial charge in [-0.05, 0) is 18.2 Å². The van der Waals surface area contributed by atoms with E-state index in [0.717, 1.165) is 22.2 Å². The Labute approximate surface area is 169 Å². The lowest BCUT2D eigenvalue weighted by Crippen LogP contribution is -1.99. The van der Waals surface area contributed by atoms with Crippen molar-refractivity contribution in [3.8, 4) is 6.07 Å². The molecule has 0 amide bonds. The number of nitrogens with zero attached hydrogens (tertiary/aromatic N) is 6. The largest absolute Gasteiger partial charge is 0.391 e. The number of aromatic nitrogens is 4. The minimum absolute atomic E-state index is 0.238. The van der Waals surface area contributed by atoms with Crippen LogP contribution in [0.3, 0.4) is 0 Å². The minimum atomic E-state index is 0.238. The average Bonchev–Trinajstić information content (AvgIpc) is 3.13. The van der Waals surface area contributed by atoms with Crippen molar-refractivity contribution >= 4 is 46.0 Å². The molecule has 0 aliphatic carbocycles. The fourth-order valence-corrected chi connectivity index (χ4v) is 3.23. The maximum atomic E-state index is 9.13. The standard InChI is InChI=1S/C19H12Cl2N6O/c20-14-2-1-12(16(21)7-14)11-28-26-6-3-17-15-10-24-19-13(8-22)9-25-27(19)18(15)4-5-23-17/h1-2,4-7,9-10H,3,11H2. The molecule has 0 fully saturated rings. The molecule has 7 nitrogen and oxygen atoms in total. The highest BCUT2D eigenvalue weighted by Gasteiger charge is 2.10. The van der Waals surface area contributed by atoms with Crippen LogP contribution < -0.4 is 0 Å². The van der Waals surface area contributed by atoms with Gasteiger partial charge in [0.15, 0.2) is 5.65 Å². The van der Waals surface area contributed by atoms with Crippen molar-refractivity contribution in [3.05, 3.63) is 69.7 Å². The van der Waals surface area contributed by atoms with Gasteiger partial charge in [-0.1, -0.05) is 34.4 Å². The van der Waals surface area contributed by atoms with Crippen LogP contribution in [0.15, 0.2) is 48.0 Å². The second kappa shape index (κ2) is 7.80. The van der Waals surface area contributed by atoms with Crippen molar-refractivity contribution < 1.29 is 4.84 Å². The SMILES string of the molecule is N#Cc1cnn2c1ncc1c(CC=NOCc3ccc(Cl)cc3Cl)nccc12. The van der Waals surface area contributed by atoms with Crippen molar-refractivity contribution in [1.82, 2.24) is 19.6 Å². The summed E-state index contributed by atoms with van der Waals surface area (Å²) in [6.07, 6.45) is 6.95. The summed E-state index contributed by atoms with van der Waals surface area (Å²) in [6, 6.07) is 9.11. The third-order valence-electron chi connectivity index (χ3n) is 4.13. The number of oxime groups is 1. The van der Waals surface area contributed by atoms with Crippen LogP contribution >= 0.6 is 23.2 Å². The smallest absolute Gasteiger partial charge is 0.173 e. The van der Waals surface area contributed by atoms with Crippen LogP contribution in [0.5, 0.6) is 0 Å². The van der Waals surface area contributed by atoms with E-state index in [2.05, 4.69) is 26.3 Å². The van der Waals surface area contributed by atoms with Gasteiger partial charge in [-0.15, -0.1) is 0 Å². The molecule has 0 aliphatic rings. The van der Waals surface area contributed by atoms with Gasteiger partial charge >= 0.3 is 0 Å². The maximum Gasteiger partial charge on any atom is 0.173 e. The number of pyridine rings is 1. The van der Waals surface area contributed by atoms with Crippen molar-refractivity contribution in [3.63, 3.8) is 0 Å². The van der Waals surface area contributed by atoms with Gasteiger partial charge in [0.05, 0.1) is 17.4 Å². The molecule has 0 radical (unpaired) electrons. The zero-order chi connectivity index (χ0) is 19.5. The Hall–Kier alpha value is -3.21. The van der Waals surface area contributed by atoms with E-state index in [-0.39, 0.29) is 6.61 Å². The highest BCUT2D eigenvalue weighted by atomic mass is 35.5. The van der Waals surface area contributed by atoms with E-state index in [4.69, 9.17) is 33.3 Å². The van der Waals surface area contributed by atoms with E-state index in [1.807, 2.05) is 6.07 Å². The molecule has 0 bridgehead atoms. The molecule has 4 aromatic rings. The average molecular weight is 411 g/mol. The topological polar surface area (TPSA) is 88.5 Å². The normalized spacial score (nSPS) is 11.3. The van der Waals surface area contributed by atoms with Crippen molar-refractivity contribution in [2.75, 3.05) is 0 Å². The molecule has 28 heavy (non-hydrogen) atoms. The van der Waals surface area contributed by atoms with Gasteiger partial charge in [0.2, 0.25) is 0 Å². The molecular formula is C19H12Cl2N6O. The lowest BCUT2D eigenvalue weighted by Gasteiger charge is -2.05. The lowest BCUT2D eigenvalue weighted by molar-refractivity contribution is 0.131. The molecule has 3 heterocycles. The van der Waals surface area contributed by atoms with Crippen molar-refractivity contribution in [2.45, 2.75) is 13.0 Å². The predicted octanol–water partition coefficient (Wildman–Crippen LogP) is 4.20. The Balaban J connectivity index is 1.50. The van der Waals surface area contributed by atoms with Crippen molar-refractivity contribution in [2.24, 2.45) is 5.16 Å². The molecule has 1 aromatic carbocycles. The molecule has 0 unspecified atom stereocenters. The fraction of sp³-hybridized carbons (Fsp3) is 0.105. The summed E-state index contributed by atoms with van der Waals surface area (Å²) < 4.78 is 1.63. The highest BCUT2D eigenvalue weighted by Crippen LogP contribution is 2.22. The number of hydrogen-bond donors (Lipinski definition) is 0. The third kappa shape index (κ3) is 3.48. The Bertz CT molecular complexity index is 1240. The van der Waals surface area contributed by atoms with Gasteiger partial charge in [-0.3, -0.25) is 4.98 Å². The Morgan fingerprint density at radius 2 is 2.11 bits per heavy atom. The number of hydrogen-bond acceptors (Lipinski definition) is 6. The molecule has 3 aromatic heterocycles. The van der Waals surface area contributed by atoms with Crippen LogP contribution in [0.4, 0.5) is 0 Å². The van der Waals surface area contributed by atoms with E-state index in [0.29, 0.717) is 27.7 Å². The molecule has 138 valence electrons. The van der Waals surface area contributed by atoms with Crippen molar-refractivity contribution in [1.29, 1.82) is 5.26 Å². The molecule has 0 spiro atoms. The predicted molar refractivity (Wildman–Crippen MR) is 106 cm³/mol. The molecule has 0 saturated heterocycles. The zero-order valence-corrected chi connectivity index (χ0v) is 15.9. The fourth-order valence-electron chi connectivity index (χ4n) is 2.76. The van der Waals surface area contributed by atoms with Gasteiger partial charge in [0, 0.05) is 46.0 Å². The summed E-state index contributed by atoms with van der Waals surface area (Å²) in [5, 5.41) is 19.3. The molecule has 4 rings (SSSR count). The summed E-state index contributed by atoms with van der Waals surface area (Å²) in [5.74, 6) is 0. The number of fused-ring (bicyclic) bond motifs is 3. The van der Waals surface area contributed by atoms with Gasteiger partial charge in [-0.2, -0.15) is 10.4 Å². The van der Waals surface area contributed by atoms with Gasteiger partial charge in [0.1, 0.15) is 18.2 Å². The van der Waals surface area contributed by atoms with E-state index in [1.54, 1.807) is 41.3 Å². The first-order valence-corrected chi connectivity index (χ1v) is 9.01. The number of benzene rings is 1. The summed E-state index contributed by atoms with van der Waals surface area (Å²) in [5.41, 5.74) is 3.33. The molecule has 0 atom stereocenters. The Kier molecular flexibility index (Phi) is 5.06. The van der Waals surface area contributed by atoms with E-state index >= 15 is 0 Å². The first kappa shape index (κ1) is 18.2. The minimum Gasteiger partial charge on any atom is -0.391 e. The molecular weight excluding hydrogens is 399 g/mol. The third-order valence-corrected chi connectivity index (χ3v) is 4.71. The second-order valence-corrected chi connectivity index (χ2v) is 6.70. The molecule has 0 N–H and O–H groups in total. The van der Waals surface area contributed by atoms with Crippen LogP contribution in [0.25, 0.3) is 16.6 Å². The monoisotopic (exact) mass is 410 g/mol. The van der Waals surface area contributed by atoms with Crippen LogP contribution in [0.2, 0.25) is 10.0 Å².